The van der Waals surface area contributed by atoms with Crippen LogP contribution in [-0.2, 0) is 10.2 Å². The average Bonchev–Trinajstić information content (AvgIpc) is 1.81. The zero-order valence-corrected chi connectivity index (χ0v) is 7.83. The minimum atomic E-state index is -3.31. The Morgan fingerprint density at radius 3 is 2.27 bits per heavy atom. The molecule has 0 saturated carbocycles. The summed E-state index contributed by atoms with van der Waals surface area (Å²) in [4.78, 5) is 0. The van der Waals surface area contributed by atoms with E-state index >= 15 is 0 Å². The topological polar surface area (TPSA) is 70.2 Å². The Morgan fingerprint density at radius 2 is 1.91 bits per heavy atom. The second-order valence-electron chi connectivity index (χ2n) is 2.45. The van der Waals surface area contributed by atoms with Gasteiger partial charge in [0.15, 0.2) is 0 Å². The number of rotatable bonds is 5. The highest BCUT2D eigenvalue weighted by atomic mass is 32.2. The predicted molar refractivity (Wildman–Crippen MR) is 44.3 cm³/mol. The molecule has 0 aromatic heterocycles. The van der Waals surface area contributed by atoms with Crippen molar-refractivity contribution in [3.8, 4) is 0 Å². The molecule has 11 heavy (non-hydrogen) atoms. The van der Waals surface area contributed by atoms with E-state index in [-0.39, 0.29) is 12.7 Å². The molecule has 0 aliphatic heterocycles. The Morgan fingerprint density at radius 1 is 1.36 bits per heavy atom. The fraction of sp³-hybridized carbons (Fsp3) is 1.00. The summed E-state index contributed by atoms with van der Waals surface area (Å²) in [6, 6.07) is -0.0793. The van der Waals surface area contributed by atoms with Gasteiger partial charge in [0.05, 0.1) is 6.67 Å². The normalized spacial score (nSPS) is 12.4. The molecule has 0 unspecified atom stereocenters. The minimum Gasteiger partial charge on any atom is -0.307 e. The Bertz CT molecular complexity index is 188. The van der Waals surface area contributed by atoms with E-state index in [2.05, 4.69) is 14.8 Å². The summed E-state index contributed by atoms with van der Waals surface area (Å²) < 4.78 is 26.5. The van der Waals surface area contributed by atoms with Crippen LogP contribution in [-0.4, -0.2) is 28.2 Å². The van der Waals surface area contributed by atoms with E-state index in [1.807, 2.05) is 0 Å². The standard InChI is InChI=1S/C5H15N3O2S/c1-5(2)8-11(9,10)7-4-6-3/h5-8H,4H2,1-3H3. The van der Waals surface area contributed by atoms with E-state index in [1.165, 1.54) is 0 Å². The maximum atomic E-state index is 10.9. The van der Waals surface area contributed by atoms with Crippen LogP contribution in [0, 0.1) is 0 Å². The van der Waals surface area contributed by atoms with Gasteiger partial charge in [-0.1, -0.05) is 0 Å². The summed E-state index contributed by atoms with van der Waals surface area (Å²) in [5, 5.41) is 2.67. The molecular weight excluding hydrogens is 166 g/mol. The van der Waals surface area contributed by atoms with Gasteiger partial charge < -0.3 is 5.32 Å². The fourth-order valence-corrected chi connectivity index (χ4v) is 1.56. The largest absolute Gasteiger partial charge is 0.307 e. The van der Waals surface area contributed by atoms with Crippen molar-refractivity contribution in [2.24, 2.45) is 0 Å². The van der Waals surface area contributed by atoms with Gasteiger partial charge in [-0.3, -0.25) is 0 Å². The van der Waals surface area contributed by atoms with E-state index in [0.29, 0.717) is 0 Å². The molecule has 0 aliphatic carbocycles. The first-order chi connectivity index (χ1) is 4.98. The van der Waals surface area contributed by atoms with E-state index in [0.717, 1.165) is 0 Å². The molecule has 0 spiro atoms. The molecule has 0 bridgehead atoms. The van der Waals surface area contributed by atoms with Crippen molar-refractivity contribution >= 4 is 10.2 Å². The zero-order chi connectivity index (χ0) is 8.91. The van der Waals surface area contributed by atoms with Gasteiger partial charge >= 0.3 is 0 Å². The smallest absolute Gasteiger partial charge is 0.278 e. The highest BCUT2D eigenvalue weighted by Crippen LogP contribution is 1.81. The first-order valence-electron chi connectivity index (χ1n) is 3.39. The highest BCUT2D eigenvalue weighted by Gasteiger charge is 2.08. The first kappa shape index (κ1) is 10.8. The SMILES string of the molecule is CNCNS(=O)(=O)NC(C)C. The molecule has 0 rings (SSSR count). The van der Waals surface area contributed by atoms with E-state index in [9.17, 15) is 8.42 Å². The highest BCUT2D eigenvalue weighted by molar-refractivity contribution is 7.87. The van der Waals surface area contributed by atoms with Crippen molar-refractivity contribution in [3.63, 3.8) is 0 Å². The lowest BCUT2D eigenvalue weighted by molar-refractivity contribution is 0.551. The van der Waals surface area contributed by atoms with Crippen LogP contribution in [0.5, 0.6) is 0 Å². The monoisotopic (exact) mass is 181 g/mol. The molecule has 0 aromatic rings. The van der Waals surface area contributed by atoms with Gasteiger partial charge in [-0.05, 0) is 20.9 Å². The average molecular weight is 181 g/mol. The van der Waals surface area contributed by atoms with Gasteiger partial charge in [0, 0.05) is 6.04 Å². The Balaban J connectivity index is 3.82. The van der Waals surface area contributed by atoms with Crippen molar-refractivity contribution in [1.82, 2.24) is 14.8 Å². The summed E-state index contributed by atoms with van der Waals surface area (Å²) in [5.74, 6) is 0. The maximum Gasteiger partial charge on any atom is 0.278 e. The lowest BCUT2D eigenvalue weighted by Crippen LogP contribution is -2.43. The van der Waals surface area contributed by atoms with Crippen LogP contribution in [0.25, 0.3) is 0 Å². The lowest BCUT2D eigenvalue weighted by atomic mass is 10.4. The Kier molecular flexibility index (Phi) is 4.58. The van der Waals surface area contributed by atoms with E-state index in [1.54, 1.807) is 20.9 Å². The van der Waals surface area contributed by atoms with Crippen LogP contribution >= 0.6 is 0 Å². The van der Waals surface area contributed by atoms with Crippen LogP contribution in [0.4, 0.5) is 0 Å². The van der Waals surface area contributed by atoms with Crippen molar-refractivity contribution in [1.29, 1.82) is 0 Å². The number of nitrogens with one attached hydrogen (secondary N) is 3. The molecule has 0 radical (unpaired) electrons. The van der Waals surface area contributed by atoms with Gasteiger partial charge in [-0.25, -0.2) is 0 Å². The van der Waals surface area contributed by atoms with Crippen LogP contribution < -0.4 is 14.8 Å². The summed E-state index contributed by atoms with van der Waals surface area (Å²) >= 11 is 0. The summed E-state index contributed by atoms with van der Waals surface area (Å²) in [6.07, 6.45) is 0. The Labute approximate surface area is 67.7 Å². The van der Waals surface area contributed by atoms with Gasteiger partial charge in [0.1, 0.15) is 0 Å². The molecule has 0 amide bonds. The lowest BCUT2D eigenvalue weighted by Gasteiger charge is -2.09. The van der Waals surface area contributed by atoms with E-state index in [4.69, 9.17) is 0 Å². The molecule has 3 N–H and O–H groups in total. The van der Waals surface area contributed by atoms with Crippen molar-refractivity contribution < 1.29 is 8.42 Å². The van der Waals surface area contributed by atoms with Crippen LogP contribution in [0.3, 0.4) is 0 Å². The molecule has 0 saturated heterocycles. The van der Waals surface area contributed by atoms with Gasteiger partial charge in [-0.2, -0.15) is 17.9 Å². The Hall–Kier alpha value is -0.170. The molecule has 68 valence electrons. The molecular formula is C5H15N3O2S. The van der Waals surface area contributed by atoms with Crippen molar-refractivity contribution in [3.05, 3.63) is 0 Å². The molecule has 5 nitrogen and oxygen atoms in total. The van der Waals surface area contributed by atoms with Gasteiger partial charge in [-0.15, -0.1) is 0 Å². The van der Waals surface area contributed by atoms with E-state index < -0.39 is 10.2 Å². The first-order valence-corrected chi connectivity index (χ1v) is 4.88. The van der Waals surface area contributed by atoms with Crippen LogP contribution in [0.15, 0.2) is 0 Å². The third kappa shape index (κ3) is 6.24. The molecule has 0 aliphatic rings. The fourth-order valence-electron chi connectivity index (χ4n) is 0.519. The van der Waals surface area contributed by atoms with Crippen molar-refractivity contribution in [2.75, 3.05) is 13.7 Å². The minimum absolute atomic E-state index is 0.0793. The molecule has 0 aromatic carbocycles. The van der Waals surface area contributed by atoms with Gasteiger partial charge in [0.2, 0.25) is 0 Å². The summed E-state index contributed by atoms with van der Waals surface area (Å²) in [7, 11) is -1.64. The quantitative estimate of drug-likeness (QED) is 0.476. The van der Waals surface area contributed by atoms with Crippen LogP contribution in [0.2, 0.25) is 0 Å². The molecule has 0 heterocycles. The predicted octanol–water partition coefficient (Wildman–Crippen LogP) is -1.00. The zero-order valence-electron chi connectivity index (χ0n) is 7.01. The third-order valence-electron chi connectivity index (χ3n) is 0.830. The van der Waals surface area contributed by atoms with Crippen molar-refractivity contribution in [2.45, 2.75) is 19.9 Å². The number of hydrogen-bond donors (Lipinski definition) is 3. The molecule has 0 fully saturated rings. The van der Waals surface area contributed by atoms with Crippen LogP contribution in [0.1, 0.15) is 13.8 Å². The second kappa shape index (κ2) is 4.66. The third-order valence-corrected chi connectivity index (χ3v) is 2.14. The second-order valence-corrected chi connectivity index (χ2v) is 3.98. The molecule has 6 heteroatoms. The van der Waals surface area contributed by atoms with Gasteiger partial charge in [0.25, 0.3) is 10.2 Å². The summed E-state index contributed by atoms with van der Waals surface area (Å²) in [5.41, 5.74) is 0. The number of hydrogen-bond acceptors (Lipinski definition) is 3. The summed E-state index contributed by atoms with van der Waals surface area (Å²) in [6.45, 7) is 3.76. The molecule has 0 atom stereocenters. The maximum absolute atomic E-state index is 10.9.